The van der Waals surface area contributed by atoms with Gasteiger partial charge >= 0.3 is 5.97 Å². The molecule has 36 heavy (non-hydrogen) atoms. The predicted molar refractivity (Wildman–Crippen MR) is 132 cm³/mol. The molecule has 1 aliphatic heterocycles. The highest BCUT2D eigenvalue weighted by Gasteiger charge is 2.23. The number of hydrogen-bond acceptors (Lipinski definition) is 7. The van der Waals surface area contributed by atoms with E-state index in [0.29, 0.717) is 48.0 Å². The lowest BCUT2D eigenvalue weighted by Crippen LogP contribution is -2.26. The summed E-state index contributed by atoms with van der Waals surface area (Å²) in [6, 6.07) is 16.1. The molecular formula is C27H28N2O7. The van der Waals surface area contributed by atoms with Crippen molar-refractivity contribution < 1.29 is 33.6 Å². The Bertz CT molecular complexity index is 1260. The van der Waals surface area contributed by atoms with E-state index >= 15 is 0 Å². The summed E-state index contributed by atoms with van der Waals surface area (Å²) < 4.78 is 21.4. The minimum atomic E-state index is -1.06. The van der Waals surface area contributed by atoms with Crippen LogP contribution in [0.4, 0.5) is 0 Å². The zero-order valence-electron chi connectivity index (χ0n) is 20.4. The van der Waals surface area contributed by atoms with Gasteiger partial charge in [0.2, 0.25) is 6.79 Å². The molecule has 0 spiro atoms. The first-order chi connectivity index (χ1) is 17.4. The fourth-order valence-corrected chi connectivity index (χ4v) is 4.11. The van der Waals surface area contributed by atoms with Gasteiger partial charge in [-0.15, -0.1) is 0 Å². The molecule has 1 aliphatic rings. The molecule has 2 N–H and O–H groups in total. The number of ether oxygens (including phenoxy) is 4. The van der Waals surface area contributed by atoms with Crippen LogP contribution in [0, 0.1) is 0 Å². The summed E-state index contributed by atoms with van der Waals surface area (Å²) in [4.78, 5) is 27.0. The van der Waals surface area contributed by atoms with Crippen LogP contribution in [0.25, 0.3) is 0 Å². The van der Waals surface area contributed by atoms with E-state index < -0.39 is 5.97 Å². The van der Waals surface area contributed by atoms with Gasteiger partial charge in [0.1, 0.15) is 17.1 Å². The Labute approximate surface area is 209 Å². The Morgan fingerprint density at radius 3 is 2.33 bits per heavy atom. The summed E-state index contributed by atoms with van der Waals surface area (Å²) >= 11 is 0. The number of carbonyl (C=O) groups excluding carboxylic acids is 1. The summed E-state index contributed by atoms with van der Waals surface area (Å²) in [6.07, 6.45) is 0. The number of aromatic carboxylic acids is 1. The molecule has 1 amide bonds. The van der Waals surface area contributed by atoms with Crippen molar-refractivity contribution in [3.63, 3.8) is 0 Å². The number of carbonyl (C=O) groups is 2. The molecule has 1 heterocycles. The lowest BCUT2D eigenvalue weighted by Gasteiger charge is -2.21. The number of amides is 1. The number of carboxylic acid groups (broad SMARTS) is 1. The van der Waals surface area contributed by atoms with Gasteiger partial charge in [0.25, 0.3) is 5.91 Å². The van der Waals surface area contributed by atoms with E-state index in [1.54, 1.807) is 37.4 Å². The number of fused-ring (bicyclic) bond motifs is 1. The van der Waals surface area contributed by atoms with Crippen molar-refractivity contribution in [1.82, 2.24) is 10.2 Å². The first-order valence-electron chi connectivity index (χ1n) is 11.3. The number of nitrogens with zero attached hydrogens (tertiary/aromatic N) is 1. The van der Waals surface area contributed by atoms with Crippen molar-refractivity contribution in [3.8, 4) is 23.0 Å². The first-order valence-corrected chi connectivity index (χ1v) is 11.3. The van der Waals surface area contributed by atoms with Crippen LogP contribution in [0.5, 0.6) is 23.0 Å². The zero-order valence-corrected chi connectivity index (χ0v) is 20.4. The normalized spacial score (nSPS) is 11.9. The molecule has 0 atom stereocenters. The summed E-state index contributed by atoms with van der Waals surface area (Å²) in [7, 11) is 4.90. The number of nitrogens with one attached hydrogen (secondary N) is 1. The van der Waals surface area contributed by atoms with Crippen molar-refractivity contribution in [2.24, 2.45) is 0 Å². The van der Waals surface area contributed by atoms with Gasteiger partial charge in [0.05, 0.1) is 14.2 Å². The van der Waals surface area contributed by atoms with E-state index in [9.17, 15) is 14.7 Å². The highest BCUT2D eigenvalue weighted by Crippen LogP contribution is 2.35. The lowest BCUT2D eigenvalue weighted by molar-refractivity contribution is 0.0690. The third-order valence-electron chi connectivity index (χ3n) is 5.88. The Hall–Kier alpha value is -4.24. The number of benzene rings is 3. The molecule has 9 nitrogen and oxygen atoms in total. The third-order valence-corrected chi connectivity index (χ3v) is 5.88. The van der Waals surface area contributed by atoms with Crippen LogP contribution < -0.4 is 24.3 Å². The quantitative estimate of drug-likeness (QED) is 0.441. The van der Waals surface area contributed by atoms with Gasteiger partial charge in [-0.25, -0.2) is 4.79 Å². The molecule has 0 bridgehead atoms. The fourth-order valence-electron chi connectivity index (χ4n) is 4.11. The average Bonchev–Trinajstić information content (AvgIpc) is 3.34. The zero-order chi connectivity index (χ0) is 25.7. The van der Waals surface area contributed by atoms with Crippen molar-refractivity contribution in [3.05, 3.63) is 82.4 Å². The maximum Gasteiger partial charge on any atom is 0.339 e. The average molecular weight is 493 g/mol. The van der Waals surface area contributed by atoms with E-state index in [1.807, 2.05) is 36.2 Å². The summed E-state index contributed by atoms with van der Waals surface area (Å²) in [5.41, 5.74) is 2.85. The Morgan fingerprint density at radius 2 is 1.67 bits per heavy atom. The van der Waals surface area contributed by atoms with E-state index in [2.05, 4.69) is 5.32 Å². The minimum absolute atomic E-state index is 0.0906. The van der Waals surface area contributed by atoms with Crippen molar-refractivity contribution in [2.75, 3.05) is 28.1 Å². The second kappa shape index (κ2) is 11.0. The summed E-state index contributed by atoms with van der Waals surface area (Å²) in [5, 5.41) is 12.7. The maximum absolute atomic E-state index is 13.2. The van der Waals surface area contributed by atoms with Crippen LogP contribution in [-0.2, 0) is 19.6 Å². The summed E-state index contributed by atoms with van der Waals surface area (Å²) in [5.74, 6) is 0.815. The molecule has 188 valence electrons. The predicted octanol–water partition coefficient (Wildman–Crippen LogP) is 3.69. The number of methoxy groups -OCH3 is 2. The number of rotatable bonds is 10. The molecule has 0 radical (unpaired) electrons. The fraction of sp³-hybridized carbons (Fsp3) is 0.259. The van der Waals surface area contributed by atoms with Gasteiger partial charge in [-0.2, -0.15) is 0 Å². The van der Waals surface area contributed by atoms with Crippen molar-refractivity contribution >= 4 is 11.9 Å². The van der Waals surface area contributed by atoms with Crippen LogP contribution >= 0.6 is 0 Å². The smallest absolute Gasteiger partial charge is 0.339 e. The Balaban J connectivity index is 1.53. The van der Waals surface area contributed by atoms with E-state index in [0.717, 1.165) is 16.9 Å². The van der Waals surface area contributed by atoms with E-state index in [4.69, 9.17) is 18.9 Å². The minimum Gasteiger partial charge on any atom is -0.497 e. The van der Waals surface area contributed by atoms with Gasteiger partial charge in [0.15, 0.2) is 11.5 Å². The molecule has 3 aromatic rings. The molecule has 3 aromatic carbocycles. The van der Waals surface area contributed by atoms with Crippen LogP contribution in [-0.4, -0.2) is 49.9 Å². The SMILES string of the molecule is COc1ccc(CNC(=O)c2cc3c(cc2CN(C)Cc2cccc(OC)c2C(=O)O)OCO3)cc1. The molecule has 0 saturated carbocycles. The molecule has 0 aromatic heterocycles. The molecule has 0 fully saturated rings. The standard InChI is InChI=1S/C27H28N2O7/c1-29(14-18-5-4-6-22(34-3)25(18)27(31)32)15-19-11-23-24(36-16-35-23)12-21(19)26(30)28-13-17-7-9-20(33-2)10-8-17/h4-12H,13-16H2,1-3H3,(H,28,30)(H,31,32). The maximum atomic E-state index is 13.2. The molecule has 9 heteroatoms. The van der Waals surface area contributed by atoms with Crippen molar-refractivity contribution in [1.29, 1.82) is 0 Å². The Morgan fingerprint density at radius 1 is 0.972 bits per heavy atom. The van der Waals surface area contributed by atoms with Gasteiger partial charge in [-0.05, 0) is 54.1 Å². The second-order valence-corrected chi connectivity index (χ2v) is 8.37. The lowest BCUT2D eigenvalue weighted by atomic mass is 10.0. The van der Waals surface area contributed by atoms with Crippen molar-refractivity contribution in [2.45, 2.75) is 19.6 Å². The molecule has 4 rings (SSSR count). The second-order valence-electron chi connectivity index (χ2n) is 8.37. The molecule has 0 aliphatic carbocycles. The number of hydrogen-bond donors (Lipinski definition) is 2. The van der Waals surface area contributed by atoms with Gasteiger partial charge in [0, 0.05) is 25.2 Å². The van der Waals surface area contributed by atoms with Gasteiger partial charge in [-0.3, -0.25) is 9.69 Å². The molecule has 0 saturated heterocycles. The first kappa shape index (κ1) is 24.9. The topological polar surface area (TPSA) is 107 Å². The molecule has 0 unspecified atom stereocenters. The summed E-state index contributed by atoms with van der Waals surface area (Å²) in [6.45, 7) is 1.14. The van der Waals surface area contributed by atoms with Crippen LogP contribution in [0.1, 0.15) is 37.4 Å². The molecular weight excluding hydrogens is 464 g/mol. The largest absolute Gasteiger partial charge is 0.497 e. The van der Waals surface area contributed by atoms with Gasteiger partial charge in [-0.1, -0.05) is 24.3 Å². The highest BCUT2D eigenvalue weighted by atomic mass is 16.7. The van der Waals surface area contributed by atoms with Crippen LogP contribution in [0.2, 0.25) is 0 Å². The van der Waals surface area contributed by atoms with Crippen LogP contribution in [0.15, 0.2) is 54.6 Å². The Kier molecular flexibility index (Phi) is 7.60. The third kappa shape index (κ3) is 5.52. The van der Waals surface area contributed by atoms with Gasteiger partial charge < -0.3 is 29.4 Å². The van der Waals surface area contributed by atoms with Crippen LogP contribution in [0.3, 0.4) is 0 Å². The van der Waals surface area contributed by atoms with E-state index in [1.165, 1.54) is 7.11 Å². The van der Waals surface area contributed by atoms with E-state index in [-0.39, 0.29) is 18.3 Å². The number of carboxylic acids is 1. The highest BCUT2D eigenvalue weighted by molar-refractivity contribution is 5.96. The monoisotopic (exact) mass is 492 g/mol.